The van der Waals surface area contributed by atoms with Crippen molar-refractivity contribution in [3.05, 3.63) is 89.2 Å². The predicted molar refractivity (Wildman–Crippen MR) is 150 cm³/mol. The predicted octanol–water partition coefficient (Wildman–Crippen LogP) is 5.33. The molecule has 0 radical (unpaired) electrons. The van der Waals surface area contributed by atoms with E-state index >= 15 is 0 Å². The third kappa shape index (κ3) is 5.96. The maximum absolute atomic E-state index is 13.6. The summed E-state index contributed by atoms with van der Waals surface area (Å²) in [5.41, 5.74) is 4.30. The van der Waals surface area contributed by atoms with Crippen molar-refractivity contribution in [2.75, 3.05) is 19.5 Å². The molecule has 0 aliphatic carbocycles. The van der Waals surface area contributed by atoms with E-state index in [2.05, 4.69) is 10.3 Å². The molecule has 2 atom stereocenters. The van der Waals surface area contributed by atoms with Crippen molar-refractivity contribution < 1.29 is 23.5 Å². The number of hydrogen-bond acceptors (Lipinski definition) is 7. The summed E-state index contributed by atoms with van der Waals surface area (Å²) in [4.78, 5) is 30.0. The van der Waals surface area contributed by atoms with Crippen LogP contribution in [0.2, 0.25) is 0 Å². The summed E-state index contributed by atoms with van der Waals surface area (Å²) < 4.78 is 24.2. The van der Waals surface area contributed by atoms with E-state index in [0.29, 0.717) is 28.8 Å². The first-order valence-electron chi connectivity index (χ1n) is 12.3. The fraction of sp³-hybridized carbons (Fsp3) is 0.241. The van der Waals surface area contributed by atoms with Crippen LogP contribution in [0.25, 0.3) is 0 Å². The van der Waals surface area contributed by atoms with Gasteiger partial charge in [0.25, 0.3) is 5.91 Å². The van der Waals surface area contributed by atoms with E-state index in [9.17, 15) is 14.0 Å². The number of halogens is 1. The van der Waals surface area contributed by atoms with Gasteiger partial charge in [-0.15, -0.1) is 0 Å². The number of amides is 2. The number of carbonyl (C=O) groups excluding carboxylic acids is 2. The molecule has 10 heteroatoms. The van der Waals surface area contributed by atoms with Crippen molar-refractivity contribution in [1.29, 1.82) is 0 Å². The molecule has 200 valence electrons. The van der Waals surface area contributed by atoms with Crippen LogP contribution in [0, 0.1) is 12.7 Å². The molecular weight excluding hydrogens is 519 g/mol. The van der Waals surface area contributed by atoms with Gasteiger partial charge >= 0.3 is 0 Å². The Morgan fingerprint density at radius 2 is 1.72 bits per heavy atom. The van der Waals surface area contributed by atoms with Crippen molar-refractivity contribution in [3.63, 3.8) is 0 Å². The Hall–Kier alpha value is -4.18. The van der Waals surface area contributed by atoms with Crippen molar-refractivity contribution in [1.82, 2.24) is 5.01 Å². The zero-order chi connectivity index (χ0) is 27.5. The Bertz CT molecular complexity index is 1430. The Kier molecular flexibility index (Phi) is 7.65. The van der Waals surface area contributed by atoms with Crippen LogP contribution in [0.4, 0.5) is 10.1 Å². The standard InChI is InChI=1S/C29H27FN4O4S/c1-17-4-6-18(7-5-17)24-15-25(19-8-10-20(30)11-9-19)34(33-24)29-32-28(36)26(39-29)16-27(35)31-21-12-22(37-2)14-23(13-21)38-3/h4-14,25-26H,15-16H2,1-3H3,(H,31,35). The minimum Gasteiger partial charge on any atom is -0.497 e. The second-order valence-corrected chi connectivity index (χ2v) is 10.4. The van der Waals surface area contributed by atoms with Gasteiger partial charge in [0.2, 0.25) is 5.91 Å². The first-order valence-corrected chi connectivity index (χ1v) is 13.2. The Morgan fingerprint density at radius 1 is 1.05 bits per heavy atom. The highest BCUT2D eigenvalue weighted by atomic mass is 32.2. The number of methoxy groups -OCH3 is 2. The van der Waals surface area contributed by atoms with E-state index in [4.69, 9.17) is 14.6 Å². The summed E-state index contributed by atoms with van der Waals surface area (Å²) in [5.74, 6) is -0.00182. The monoisotopic (exact) mass is 546 g/mol. The van der Waals surface area contributed by atoms with Crippen LogP contribution in [0.1, 0.15) is 35.6 Å². The zero-order valence-corrected chi connectivity index (χ0v) is 22.5. The lowest BCUT2D eigenvalue weighted by Crippen LogP contribution is -2.25. The summed E-state index contributed by atoms with van der Waals surface area (Å²) in [6.45, 7) is 2.02. The number of nitrogens with zero attached hydrogens (tertiary/aromatic N) is 3. The number of hydrazone groups is 1. The number of ether oxygens (including phenoxy) is 2. The molecule has 0 fully saturated rings. The number of benzene rings is 3. The van der Waals surface area contributed by atoms with Crippen LogP contribution in [-0.4, -0.2) is 47.2 Å². The molecule has 3 aromatic carbocycles. The molecule has 0 spiro atoms. The van der Waals surface area contributed by atoms with E-state index in [1.807, 2.05) is 31.2 Å². The number of carbonyl (C=O) groups is 2. The molecule has 2 aliphatic rings. The number of amidine groups is 1. The molecule has 5 rings (SSSR count). The molecule has 0 bridgehead atoms. The molecule has 2 aliphatic heterocycles. The summed E-state index contributed by atoms with van der Waals surface area (Å²) in [6.07, 6.45) is 0.491. The van der Waals surface area contributed by atoms with E-state index in [-0.39, 0.29) is 24.2 Å². The fourth-order valence-electron chi connectivity index (χ4n) is 4.42. The van der Waals surface area contributed by atoms with E-state index in [0.717, 1.165) is 22.4 Å². The van der Waals surface area contributed by atoms with Crippen molar-refractivity contribution in [2.24, 2.45) is 10.1 Å². The van der Waals surface area contributed by atoms with E-state index in [1.54, 1.807) is 35.3 Å². The van der Waals surface area contributed by atoms with Gasteiger partial charge in [-0.3, -0.25) is 9.59 Å². The van der Waals surface area contributed by atoms with Gasteiger partial charge < -0.3 is 14.8 Å². The Labute approximate surface area is 229 Å². The molecule has 2 amide bonds. The number of anilines is 1. The number of nitrogens with one attached hydrogen (secondary N) is 1. The second kappa shape index (κ2) is 11.3. The van der Waals surface area contributed by atoms with Crippen LogP contribution < -0.4 is 14.8 Å². The highest BCUT2D eigenvalue weighted by Crippen LogP contribution is 2.39. The van der Waals surface area contributed by atoms with Crippen LogP contribution in [0.3, 0.4) is 0 Å². The zero-order valence-electron chi connectivity index (χ0n) is 21.7. The largest absolute Gasteiger partial charge is 0.497 e. The molecule has 1 N–H and O–H groups in total. The summed E-state index contributed by atoms with van der Waals surface area (Å²) in [5, 5.41) is 9.07. The first-order chi connectivity index (χ1) is 18.8. The van der Waals surface area contributed by atoms with Crippen molar-refractivity contribution in [3.8, 4) is 11.5 Å². The molecular formula is C29H27FN4O4S. The SMILES string of the molecule is COc1cc(NC(=O)CC2SC(N3N=C(c4ccc(C)cc4)CC3c3ccc(F)cc3)=NC2=O)cc(OC)c1. The van der Waals surface area contributed by atoms with Crippen LogP contribution >= 0.6 is 11.8 Å². The summed E-state index contributed by atoms with van der Waals surface area (Å²) in [7, 11) is 3.05. The smallest absolute Gasteiger partial charge is 0.262 e. The molecule has 2 unspecified atom stereocenters. The van der Waals surface area contributed by atoms with Crippen molar-refractivity contribution in [2.45, 2.75) is 31.1 Å². The molecule has 0 aromatic heterocycles. The molecule has 0 saturated carbocycles. The van der Waals surface area contributed by atoms with Crippen LogP contribution in [0.15, 0.2) is 76.8 Å². The van der Waals surface area contributed by atoms with Crippen molar-refractivity contribution >= 4 is 40.1 Å². The number of aliphatic imine (C=N–C) groups is 1. The maximum atomic E-state index is 13.6. The van der Waals surface area contributed by atoms with Crippen LogP contribution in [-0.2, 0) is 9.59 Å². The minimum atomic E-state index is -0.694. The quantitative estimate of drug-likeness (QED) is 0.431. The van der Waals surface area contributed by atoms with E-state index < -0.39 is 11.2 Å². The average Bonchev–Trinajstić information content (AvgIpc) is 3.53. The average molecular weight is 547 g/mol. The number of hydrogen-bond donors (Lipinski definition) is 1. The highest BCUT2D eigenvalue weighted by molar-refractivity contribution is 8.15. The Balaban J connectivity index is 1.33. The lowest BCUT2D eigenvalue weighted by molar-refractivity contribution is -0.121. The molecule has 0 saturated heterocycles. The number of aryl methyl sites for hydroxylation is 1. The lowest BCUT2D eigenvalue weighted by atomic mass is 9.98. The molecule has 3 aromatic rings. The third-order valence-corrected chi connectivity index (χ3v) is 7.62. The van der Waals surface area contributed by atoms with E-state index in [1.165, 1.54) is 38.1 Å². The molecule has 8 nitrogen and oxygen atoms in total. The lowest BCUT2D eigenvalue weighted by Gasteiger charge is -2.23. The molecule has 2 heterocycles. The van der Waals surface area contributed by atoms with Gasteiger partial charge in [0.05, 0.1) is 26.0 Å². The van der Waals surface area contributed by atoms with Gasteiger partial charge in [-0.05, 0) is 30.2 Å². The second-order valence-electron chi connectivity index (χ2n) is 9.22. The third-order valence-electron chi connectivity index (χ3n) is 6.48. The number of rotatable bonds is 7. The minimum absolute atomic E-state index is 0.0698. The molecule has 39 heavy (non-hydrogen) atoms. The first kappa shape index (κ1) is 26.4. The van der Waals surface area contributed by atoms with Gasteiger partial charge in [-0.25, -0.2) is 9.40 Å². The van der Waals surface area contributed by atoms with Crippen LogP contribution in [0.5, 0.6) is 11.5 Å². The summed E-state index contributed by atoms with van der Waals surface area (Å²) >= 11 is 1.21. The normalized spacial score (nSPS) is 18.6. The fourth-order valence-corrected chi connectivity index (χ4v) is 5.48. The van der Waals surface area contributed by atoms with Gasteiger partial charge in [-0.2, -0.15) is 10.1 Å². The highest BCUT2D eigenvalue weighted by Gasteiger charge is 2.39. The number of thioether (sulfide) groups is 1. The van der Waals surface area contributed by atoms with Gasteiger partial charge in [0.1, 0.15) is 22.6 Å². The Morgan fingerprint density at radius 3 is 2.36 bits per heavy atom. The topological polar surface area (TPSA) is 92.6 Å². The van der Waals surface area contributed by atoms with Gasteiger partial charge in [0, 0.05) is 36.7 Å². The van der Waals surface area contributed by atoms with Gasteiger partial charge in [-0.1, -0.05) is 53.7 Å². The summed E-state index contributed by atoms with van der Waals surface area (Å²) in [6, 6.07) is 19.1. The maximum Gasteiger partial charge on any atom is 0.262 e. The van der Waals surface area contributed by atoms with Gasteiger partial charge in [0.15, 0.2) is 5.17 Å².